The minimum absolute atomic E-state index is 0.0867. The first-order chi connectivity index (χ1) is 9.23. The Morgan fingerprint density at radius 1 is 0.810 bits per heavy atom. The summed E-state index contributed by atoms with van der Waals surface area (Å²) in [6, 6.07) is 6.58. The van der Waals surface area contributed by atoms with Crippen LogP contribution in [0.25, 0.3) is 0 Å². The monoisotopic (exact) mass is 288 g/mol. The van der Waals surface area contributed by atoms with Crippen LogP contribution in [0.5, 0.6) is 0 Å². The molecule has 0 aromatic heterocycles. The van der Waals surface area contributed by atoms with Crippen molar-refractivity contribution >= 4 is 5.78 Å². The van der Waals surface area contributed by atoms with Gasteiger partial charge in [0.05, 0.1) is 0 Å². The van der Waals surface area contributed by atoms with Gasteiger partial charge in [-0.3, -0.25) is 4.79 Å². The van der Waals surface area contributed by atoms with Crippen molar-refractivity contribution in [1.82, 2.24) is 0 Å². The van der Waals surface area contributed by atoms with Gasteiger partial charge < -0.3 is 0 Å². The van der Waals surface area contributed by atoms with Crippen LogP contribution in [0.1, 0.15) is 79.0 Å². The average molecular weight is 288 g/mol. The number of rotatable bonds is 2. The number of benzene rings is 1. The molecule has 0 saturated heterocycles. The Bertz CT molecular complexity index is 516. The van der Waals surface area contributed by atoms with Crippen molar-refractivity contribution in [3.63, 3.8) is 0 Å². The molecular formula is C20H32O. The van der Waals surface area contributed by atoms with Gasteiger partial charge in [-0.05, 0) is 27.5 Å². The number of ketones is 1. The van der Waals surface area contributed by atoms with Crippen molar-refractivity contribution in [1.29, 1.82) is 0 Å². The molecule has 0 spiro atoms. The lowest BCUT2D eigenvalue weighted by Crippen LogP contribution is -2.24. The molecule has 0 fully saturated rings. The van der Waals surface area contributed by atoms with Crippen LogP contribution in [0.4, 0.5) is 0 Å². The van der Waals surface area contributed by atoms with E-state index in [2.05, 4.69) is 59.7 Å². The maximum Gasteiger partial charge on any atom is 0.142 e. The van der Waals surface area contributed by atoms with E-state index in [4.69, 9.17) is 0 Å². The standard InChI is InChI=1S/C20H32O/c1-18(2,3)15-11-10-14(12-16(15)19(4,5)6)13-17(21)20(7,8)9/h10-12H,13H2,1-9H3. The highest BCUT2D eigenvalue weighted by Crippen LogP contribution is 2.34. The lowest BCUT2D eigenvalue weighted by Gasteiger charge is -2.31. The van der Waals surface area contributed by atoms with E-state index in [1.165, 1.54) is 11.1 Å². The Labute approximate surface area is 131 Å². The second kappa shape index (κ2) is 5.59. The number of carbonyl (C=O) groups excluding carboxylic acids is 1. The summed E-state index contributed by atoms with van der Waals surface area (Å²) in [6.45, 7) is 19.4. The Balaban J connectivity index is 3.27. The molecule has 118 valence electrons. The van der Waals surface area contributed by atoms with E-state index in [-0.39, 0.29) is 16.2 Å². The molecule has 0 heterocycles. The first-order valence-electron chi connectivity index (χ1n) is 7.90. The highest BCUT2D eigenvalue weighted by molar-refractivity contribution is 5.85. The van der Waals surface area contributed by atoms with Gasteiger partial charge in [-0.15, -0.1) is 0 Å². The minimum Gasteiger partial charge on any atom is -0.299 e. The summed E-state index contributed by atoms with van der Waals surface area (Å²) in [7, 11) is 0. The van der Waals surface area contributed by atoms with E-state index in [1.807, 2.05) is 20.8 Å². The van der Waals surface area contributed by atoms with E-state index in [1.54, 1.807) is 0 Å². The molecule has 0 bridgehead atoms. The van der Waals surface area contributed by atoms with E-state index < -0.39 is 0 Å². The predicted octanol–water partition coefficient (Wildman–Crippen LogP) is 5.44. The molecule has 0 amide bonds. The molecule has 1 rings (SSSR count). The van der Waals surface area contributed by atoms with Gasteiger partial charge in [0.2, 0.25) is 0 Å². The summed E-state index contributed by atoms with van der Waals surface area (Å²) >= 11 is 0. The van der Waals surface area contributed by atoms with Crippen molar-refractivity contribution in [3.05, 3.63) is 34.9 Å². The van der Waals surface area contributed by atoms with Crippen molar-refractivity contribution in [2.24, 2.45) is 5.41 Å². The van der Waals surface area contributed by atoms with Gasteiger partial charge in [0.25, 0.3) is 0 Å². The molecule has 0 aliphatic heterocycles. The number of hydrogen-bond donors (Lipinski definition) is 0. The average Bonchev–Trinajstić information content (AvgIpc) is 2.24. The van der Waals surface area contributed by atoms with Gasteiger partial charge in [-0.1, -0.05) is 80.5 Å². The van der Waals surface area contributed by atoms with Crippen molar-refractivity contribution in [2.45, 2.75) is 79.6 Å². The van der Waals surface area contributed by atoms with E-state index in [0.29, 0.717) is 12.2 Å². The minimum atomic E-state index is -0.273. The molecule has 1 aromatic carbocycles. The molecule has 0 radical (unpaired) electrons. The molecule has 1 aromatic rings. The van der Waals surface area contributed by atoms with Crippen LogP contribution in [0.3, 0.4) is 0 Å². The fraction of sp³-hybridized carbons (Fsp3) is 0.650. The summed E-state index contributed by atoms with van der Waals surface area (Å²) in [5, 5.41) is 0. The Morgan fingerprint density at radius 3 is 1.67 bits per heavy atom. The Hall–Kier alpha value is -1.11. The SMILES string of the molecule is CC(C)(C)C(=O)Cc1ccc(C(C)(C)C)c(C(C)(C)C)c1. The topological polar surface area (TPSA) is 17.1 Å². The largest absolute Gasteiger partial charge is 0.299 e. The zero-order valence-corrected chi connectivity index (χ0v) is 15.3. The highest BCUT2D eigenvalue weighted by Gasteiger charge is 2.26. The summed E-state index contributed by atoms with van der Waals surface area (Å²) in [5.41, 5.74) is 3.80. The Morgan fingerprint density at radius 2 is 1.29 bits per heavy atom. The van der Waals surface area contributed by atoms with Crippen LogP contribution in [0.2, 0.25) is 0 Å². The van der Waals surface area contributed by atoms with Crippen molar-refractivity contribution in [2.75, 3.05) is 0 Å². The summed E-state index contributed by atoms with van der Waals surface area (Å²) in [6.07, 6.45) is 0.525. The molecule has 0 saturated carbocycles. The molecular weight excluding hydrogens is 256 g/mol. The van der Waals surface area contributed by atoms with E-state index >= 15 is 0 Å². The van der Waals surface area contributed by atoms with Gasteiger partial charge in [-0.2, -0.15) is 0 Å². The fourth-order valence-corrected chi connectivity index (χ4v) is 2.43. The predicted molar refractivity (Wildman–Crippen MR) is 92.0 cm³/mol. The second-order valence-corrected chi connectivity index (χ2v) is 9.23. The van der Waals surface area contributed by atoms with Gasteiger partial charge in [-0.25, -0.2) is 0 Å². The van der Waals surface area contributed by atoms with Crippen LogP contribution in [0, 0.1) is 5.41 Å². The summed E-state index contributed by atoms with van der Waals surface area (Å²) in [4.78, 5) is 12.3. The molecule has 1 nitrogen and oxygen atoms in total. The second-order valence-electron chi connectivity index (χ2n) is 9.23. The van der Waals surface area contributed by atoms with Gasteiger partial charge in [0, 0.05) is 11.8 Å². The zero-order chi connectivity index (χ0) is 16.6. The lowest BCUT2D eigenvalue weighted by atomic mass is 9.74. The van der Waals surface area contributed by atoms with Crippen LogP contribution < -0.4 is 0 Å². The van der Waals surface area contributed by atoms with Crippen LogP contribution in [0.15, 0.2) is 18.2 Å². The van der Waals surface area contributed by atoms with Crippen LogP contribution in [-0.2, 0) is 22.0 Å². The third-order valence-corrected chi connectivity index (χ3v) is 3.90. The number of hydrogen-bond acceptors (Lipinski definition) is 1. The van der Waals surface area contributed by atoms with E-state index in [9.17, 15) is 4.79 Å². The van der Waals surface area contributed by atoms with Crippen LogP contribution in [-0.4, -0.2) is 5.78 Å². The maximum atomic E-state index is 12.3. The van der Waals surface area contributed by atoms with Gasteiger partial charge >= 0.3 is 0 Å². The lowest BCUT2D eigenvalue weighted by molar-refractivity contribution is -0.125. The van der Waals surface area contributed by atoms with Gasteiger partial charge in [0.15, 0.2) is 0 Å². The van der Waals surface area contributed by atoms with Gasteiger partial charge in [0.1, 0.15) is 5.78 Å². The van der Waals surface area contributed by atoms with E-state index in [0.717, 1.165) is 5.56 Å². The van der Waals surface area contributed by atoms with Crippen LogP contribution >= 0.6 is 0 Å². The Kier molecular flexibility index (Phi) is 4.77. The zero-order valence-electron chi connectivity index (χ0n) is 15.3. The fourth-order valence-electron chi connectivity index (χ4n) is 2.43. The molecule has 0 aliphatic rings. The molecule has 0 atom stereocenters. The summed E-state index contributed by atoms with van der Waals surface area (Å²) < 4.78 is 0. The van der Waals surface area contributed by atoms with Crippen molar-refractivity contribution < 1.29 is 4.79 Å². The molecule has 1 heteroatoms. The quantitative estimate of drug-likeness (QED) is 0.708. The first-order valence-corrected chi connectivity index (χ1v) is 7.90. The molecule has 0 aliphatic carbocycles. The first kappa shape index (κ1) is 17.9. The number of carbonyl (C=O) groups is 1. The third-order valence-electron chi connectivity index (χ3n) is 3.90. The molecule has 0 N–H and O–H groups in total. The number of Topliss-reactive ketones (excluding diaryl/α,β-unsaturated/α-hetero) is 1. The highest BCUT2D eigenvalue weighted by atomic mass is 16.1. The smallest absolute Gasteiger partial charge is 0.142 e. The molecule has 21 heavy (non-hydrogen) atoms. The maximum absolute atomic E-state index is 12.3. The van der Waals surface area contributed by atoms with Crippen molar-refractivity contribution in [3.8, 4) is 0 Å². The normalized spacial score (nSPS) is 13.4. The summed E-state index contributed by atoms with van der Waals surface area (Å²) in [5.74, 6) is 0.297. The third kappa shape index (κ3) is 4.69. The molecule has 0 unspecified atom stereocenters.